The third-order valence-electron chi connectivity index (χ3n) is 8.98. The second kappa shape index (κ2) is 17.8. The van der Waals surface area contributed by atoms with Crippen molar-refractivity contribution >= 4 is 40.5 Å². The van der Waals surface area contributed by atoms with Crippen molar-refractivity contribution in [3.8, 4) is 0 Å². The van der Waals surface area contributed by atoms with Crippen LogP contribution in [-0.4, -0.2) is 87.9 Å². The van der Waals surface area contributed by atoms with E-state index in [4.69, 9.17) is 11.5 Å². The minimum atomic E-state index is -1.15. The maximum atomic E-state index is 14.0. The van der Waals surface area contributed by atoms with Crippen molar-refractivity contribution in [3.05, 3.63) is 36.0 Å². The van der Waals surface area contributed by atoms with Crippen LogP contribution in [0.1, 0.15) is 78.2 Å². The first-order valence-corrected chi connectivity index (χ1v) is 16.8. The number of H-pyrrole nitrogens is 1. The van der Waals surface area contributed by atoms with Gasteiger partial charge in [-0.25, -0.2) is 4.79 Å². The number of hydrogen-bond acceptors (Lipinski definition) is 7. The fourth-order valence-electron chi connectivity index (χ4n) is 6.08. The summed E-state index contributed by atoms with van der Waals surface area (Å²) >= 11 is 0. The molecule has 6 atom stereocenters. The number of carboxylic acids is 1. The predicted molar refractivity (Wildman–Crippen MR) is 180 cm³/mol. The lowest BCUT2D eigenvalue weighted by molar-refractivity contribution is -0.143. The number of carbonyl (C=O) groups is 5. The number of aromatic nitrogens is 1. The number of nitrogens with two attached hydrogens (primary N) is 2. The molecule has 0 radical (unpaired) electrons. The lowest BCUT2D eigenvalue weighted by atomic mass is 9.95. The lowest BCUT2D eigenvalue weighted by Gasteiger charge is -2.30. The van der Waals surface area contributed by atoms with Gasteiger partial charge in [0.1, 0.15) is 24.2 Å². The van der Waals surface area contributed by atoms with Crippen molar-refractivity contribution < 1.29 is 29.1 Å². The molecule has 13 heteroatoms. The molecule has 0 unspecified atom stereocenters. The number of carboxylic acid groups (broad SMARTS) is 1. The van der Waals surface area contributed by atoms with Crippen LogP contribution >= 0.6 is 0 Å². The Kier molecular flexibility index (Phi) is 14.2. The molecular formula is C34H53N7O6. The van der Waals surface area contributed by atoms with Gasteiger partial charge >= 0.3 is 5.97 Å². The van der Waals surface area contributed by atoms with E-state index in [0.717, 1.165) is 22.9 Å². The number of benzene rings is 1. The molecule has 4 amide bonds. The van der Waals surface area contributed by atoms with E-state index in [1.54, 1.807) is 13.1 Å². The topological polar surface area (TPSA) is 213 Å². The Morgan fingerprint density at radius 3 is 2.43 bits per heavy atom. The summed E-state index contributed by atoms with van der Waals surface area (Å²) in [5, 5.41) is 18.9. The largest absolute Gasteiger partial charge is 0.480 e. The smallest absolute Gasteiger partial charge is 0.326 e. The first kappa shape index (κ1) is 37.5. The minimum Gasteiger partial charge on any atom is -0.480 e. The second-order valence-corrected chi connectivity index (χ2v) is 13.1. The molecule has 1 fully saturated rings. The van der Waals surface area contributed by atoms with E-state index in [1.165, 1.54) is 4.90 Å². The van der Waals surface area contributed by atoms with Crippen LogP contribution in [0.15, 0.2) is 30.5 Å². The van der Waals surface area contributed by atoms with Crippen LogP contribution in [-0.2, 0) is 30.4 Å². The number of aliphatic carboxylic acids is 1. The van der Waals surface area contributed by atoms with Crippen LogP contribution in [0.25, 0.3) is 10.9 Å². The Bertz CT molecular complexity index is 1380. The van der Waals surface area contributed by atoms with Crippen LogP contribution in [0.5, 0.6) is 0 Å². The number of nitrogens with one attached hydrogen (secondary N) is 4. The number of unbranched alkanes of at least 4 members (excludes halogenated alkanes) is 1. The highest BCUT2D eigenvalue weighted by molar-refractivity contribution is 5.96. The van der Waals surface area contributed by atoms with Gasteiger partial charge in [0, 0.05) is 30.1 Å². The Balaban J connectivity index is 1.86. The zero-order chi connectivity index (χ0) is 34.7. The number of hydrogen-bond donors (Lipinski definition) is 7. The minimum absolute atomic E-state index is 0.0197. The van der Waals surface area contributed by atoms with Crippen LogP contribution in [0, 0.1) is 11.8 Å². The Morgan fingerprint density at radius 2 is 1.77 bits per heavy atom. The molecule has 0 bridgehead atoms. The van der Waals surface area contributed by atoms with Gasteiger partial charge in [-0.2, -0.15) is 0 Å². The zero-order valence-corrected chi connectivity index (χ0v) is 28.1. The summed E-state index contributed by atoms with van der Waals surface area (Å²) in [5.74, 6) is -3.43. The number of nitrogens with zero attached hydrogens (tertiary/aromatic N) is 1. The van der Waals surface area contributed by atoms with Crippen molar-refractivity contribution in [2.45, 2.75) is 109 Å². The predicted octanol–water partition coefficient (Wildman–Crippen LogP) is 1.79. The molecule has 3 rings (SSSR count). The highest BCUT2D eigenvalue weighted by atomic mass is 16.4. The molecule has 0 aliphatic carbocycles. The van der Waals surface area contributed by atoms with Crippen LogP contribution in [0.4, 0.5) is 0 Å². The summed E-state index contributed by atoms with van der Waals surface area (Å²) in [6.45, 7) is 8.30. The molecule has 9 N–H and O–H groups in total. The summed E-state index contributed by atoms with van der Waals surface area (Å²) < 4.78 is 0. The van der Waals surface area contributed by atoms with E-state index in [0.29, 0.717) is 45.2 Å². The van der Waals surface area contributed by atoms with E-state index in [2.05, 4.69) is 20.9 Å². The molecule has 2 aromatic rings. The van der Waals surface area contributed by atoms with Crippen molar-refractivity contribution in [1.29, 1.82) is 0 Å². The number of fused-ring (bicyclic) bond motifs is 1. The number of amides is 4. The number of carbonyl (C=O) groups excluding carboxylic acids is 4. The highest BCUT2D eigenvalue weighted by Gasteiger charge is 2.38. The fraction of sp³-hybridized carbons (Fsp3) is 0.618. The molecule has 0 saturated carbocycles. The SMILES string of the molecule is CC[C@H](C)[C@H](NC(=O)[C@H](Cc1cccc2[nH]ccc12)NC(=O)[C@@H]1CCCN1C(=O)[C@H](N)CCCCN)C(=O)N[C@@H](CC(C)C)C(=O)O. The van der Waals surface area contributed by atoms with Gasteiger partial charge in [0.25, 0.3) is 0 Å². The average molecular weight is 656 g/mol. The average Bonchev–Trinajstić information content (AvgIpc) is 3.72. The molecule has 1 aliphatic rings. The van der Waals surface area contributed by atoms with Gasteiger partial charge in [-0.15, -0.1) is 0 Å². The zero-order valence-electron chi connectivity index (χ0n) is 28.1. The van der Waals surface area contributed by atoms with Gasteiger partial charge in [0.15, 0.2) is 0 Å². The van der Waals surface area contributed by atoms with Crippen LogP contribution in [0.2, 0.25) is 0 Å². The molecule has 13 nitrogen and oxygen atoms in total. The van der Waals surface area contributed by atoms with Gasteiger partial charge in [-0.3, -0.25) is 19.2 Å². The monoisotopic (exact) mass is 655 g/mol. The molecule has 1 aliphatic heterocycles. The van der Waals surface area contributed by atoms with Crippen molar-refractivity contribution in [2.24, 2.45) is 23.3 Å². The Morgan fingerprint density at radius 1 is 1.02 bits per heavy atom. The van der Waals surface area contributed by atoms with Gasteiger partial charge in [0.2, 0.25) is 23.6 Å². The molecule has 2 heterocycles. The van der Waals surface area contributed by atoms with Gasteiger partial charge < -0.3 is 42.4 Å². The number of aromatic amines is 1. The quantitative estimate of drug-likeness (QED) is 0.117. The number of likely N-dealkylation sites (tertiary alicyclic amines) is 1. The molecule has 260 valence electrons. The lowest BCUT2D eigenvalue weighted by Crippen LogP contribution is -2.59. The van der Waals surface area contributed by atoms with Crippen molar-refractivity contribution in [2.75, 3.05) is 13.1 Å². The van der Waals surface area contributed by atoms with Crippen LogP contribution in [0.3, 0.4) is 0 Å². The maximum Gasteiger partial charge on any atom is 0.326 e. The van der Waals surface area contributed by atoms with Crippen molar-refractivity contribution in [3.63, 3.8) is 0 Å². The maximum absolute atomic E-state index is 14.0. The Hall–Kier alpha value is -3.97. The summed E-state index contributed by atoms with van der Waals surface area (Å²) in [4.78, 5) is 71.1. The third-order valence-corrected chi connectivity index (χ3v) is 8.98. The highest BCUT2D eigenvalue weighted by Crippen LogP contribution is 2.22. The van der Waals surface area contributed by atoms with E-state index in [1.807, 2.05) is 45.0 Å². The Labute approximate surface area is 276 Å². The normalized spacial score (nSPS) is 17.9. The molecule has 1 aromatic carbocycles. The summed E-state index contributed by atoms with van der Waals surface area (Å²) in [6, 6.07) is 2.74. The fourth-order valence-corrected chi connectivity index (χ4v) is 6.08. The summed E-state index contributed by atoms with van der Waals surface area (Å²) in [5.41, 5.74) is 13.4. The van der Waals surface area contributed by atoms with Crippen LogP contribution < -0.4 is 27.4 Å². The number of rotatable bonds is 18. The molecule has 0 spiro atoms. The summed E-state index contributed by atoms with van der Waals surface area (Å²) in [7, 11) is 0. The van der Waals surface area contributed by atoms with Crippen molar-refractivity contribution in [1.82, 2.24) is 25.8 Å². The summed E-state index contributed by atoms with van der Waals surface area (Å²) in [6.07, 6.45) is 5.64. The third kappa shape index (κ3) is 10.3. The van der Waals surface area contributed by atoms with E-state index in [-0.39, 0.29) is 30.6 Å². The van der Waals surface area contributed by atoms with E-state index < -0.39 is 53.9 Å². The molecule has 1 aromatic heterocycles. The van der Waals surface area contributed by atoms with Gasteiger partial charge in [0.05, 0.1) is 6.04 Å². The van der Waals surface area contributed by atoms with E-state index >= 15 is 0 Å². The van der Waals surface area contributed by atoms with Gasteiger partial charge in [-0.05, 0) is 68.2 Å². The van der Waals surface area contributed by atoms with Gasteiger partial charge in [-0.1, -0.05) is 52.7 Å². The second-order valence-electron chi connectivity index (χ2n) is 13.1. The first-order valence-electron chi connectivity index (χ1n) is 16.8. The molecule has 47 heavy (non-hydrogen) atoms. The molecule has 1 saturated heterocycles. The first-order chi connectivity index (χ1) is 22.4. The van der Waals surface area contributed by atoms with E-state index in [9.17, 15) is 29.1 Å². The standard InChI is InChI=1S/C34H53N7O6/c1-5-21(4)29(32(44)39-27(34(46)47)18-20(2)3)40-30(42)26(19-22-10-8-12-25-23(22)14-16-37-25)38-31(43)28-13-9-17-41(28)33(45)24(36)11-6-7-15-35/h8,10,12,14,16,20-21,24,26-29,37H,5-7,9,11,13,15,17-19,35-36H2,1-4H3,(H,38,43)(H,39,44)(H,40,42)(H,46,47)/t21-,24+,26-,27-,28-,29-/m0/s1. The molecular weight excluding hydrogens is 602 g/mol.